The van der Waals surface area contributed by atoms with E-state index in [2.05, 4.69) is 41.1 Å². The van der Waals surface area contributed by atoms with Crippen LogP contribution in [0.25, 0.3) is 21.6 Å². The monoisotopic (exact) mass is 1280 g/mol. The molecule has 0 aliphatic carbocycles. The number of hydrogen-bond acceptors (Lipinski definition) is 14. The number of amides is 6. The minimum absolute atomic E-state index is 0.000447. The summed E-state index contributed by atoms with van der Waals surface area (Å²) in [5, 5.41) is 22.0. The normalized spacial score (nSPS) is 18.5. The van der Waals surface area contributed by atoms with E-state index >= 15 is 4.39 Å². The van der Waals surface area contributed by atoms with Gasteiger partial charge in [0.1, 0.15) is 23.7 Å². The number of aliphatic hydroxyl groups is 1. The van der Waals surface area contributed by atoms with Crippen LogP contribution in [0.5, 0.6) is 0 Å². The molecule has 0 spiro atoms. The van der Waals surface area contributed by atoms with Gasteiger partial charge in [0.25, 0.3) is 5.91 Å². The summed E-state index contributed by atoms with van der Waals surface area (Å²) in [6.45, 7) is 14.9. The first-order valence-electron chi connectivity index (χ1n) is 31.5. The van der Waals surface area contributed by atoms with E-state index in [-0.39, 0.29) is 91.4 Å². The van der Waals surface area contributed by atoms with E-state index in [4.69, 9.17) is 0 Å². The van der Waals surface area contributed by atoms with Crippen LogP contribution >= 0.6 is 11.3 Å². The maximum Gasteiger partial charge on any atom is 0.417 e. The number of nitrogens with one attached hydrogen (secondary N) is 5. The number of thiazole rings is 1. The standard InChI is InChI=1S/C66H86F4N12O8S/c1-41-37-81(38-42(2)78(41)7)53-33-51(67)48(31-52(53)76-62(88)49-36-73-58(86)32-50(49)66(68,69)70)46-21-22-55(72-35-46)79-26-28-80(29-27-79)59(87)24-23-56(84)71-25-15-13-11-9-8-10-12-14-16-57(85)77-61(65(4,5)6)64(90)82-39-47(83)30-54(82)63(89)74-34-44-17-19-45(20-18-44)60-43(3)75-40-91-60/h17-22,31-33,35-36,40-42,47,54,61,83H,8-16,23-30,34,37-39H2,1-7H3,(H,71,84)(H,73,86)(H,74,89)(H,76,88)(H,77,85)/t41-,42+,47-,54+,61?/m1/s1. The van der Waals surface area contributed by atoms with Gasteiger partial charge in [-0.2, -0.15) is 13.2 Å². The topological polar surface area (TPSA) is 246 Å². The van der Waals surface area contributed by atoms with Crippen LogP contribution < -0.4 is 36.6 Å². The van der Waals surface area contributed by atoms with Crippen LogP contribution in [-0.2, 0) is 36.7 Å². The van der Waals surface area contributed by atoms with Crippen LogP contribution in [0, 0.1) is 18.2 Å². The van der Waals surface area contributed by atoms with Crippen molar-refractivity contribution in [2.75, 3.05) is 74.5 Å². The molecule has 6 heterocycles. The van der Waals surface area contributed by atoms with Crippen molar-refractivity contribution in [3.8, 4) is 21.6 Å². The Morgan fingerprint density at radius 3 is 2.07 bits per heavy atom. The summed E-state index contributed by atoms with van der Waals surface area (Å²) < 4.78 is 58.2. The van der Waals surface area contributed by atoms with E-state index in [0.29, 0.717) is 75.9 Å². The Kier molecular flexibility index (Phi) is 23.6. The SMILES string of the molecule is Cc1ncsc1-c1ccc(CNC(=O)[C@@H]2C[C@@H](O)CN2C(=O)C(NC(=O)CCCCCCCCCCNC(=O)CCC(=O)N2CCN(c3ccc(-c4cc(NC(=O)c5c[nH]c(=O)cc5C(F)(F)F)c(N5C[C@@H](C)N(C)[C@@H](C)C5)cc4F)cn3)CC2)C(C)(C)C)cc1. The number of aryl methyl sites for hydroxylation is 1. The van der Waals surface area contributed by atoms with Crippen molar-refractivity contribution in [2.45, 2.75) is 162 Å². The van der Waals surface area contributed by atoms with Crippen molar-refractivity contribution in [3.05, 3.63) is 111 Å². The summed E-state index contributed by atoms with van der Waals surface area (Å²) >= 11 is 1.57. The first-order chi connectivity index (χ1) is 43.2. The van der Waals surface area contributed by atoms with Gasteiger partial charge in [-0.25, -0.2) is 14.4 Å². The fourth-order valence-corrected chi connectivity index (χ4v) is 12.7. The molecule has 3 fully saturated rings. The number of aromatic nitrogens is 3. The number of likely N-dealkylation sites (N-methyl/N-ethyl adjacent to an activating group) is 1. The number of H-pyrrole nitrogens is 1. The highest BCUT2D eigenvalue weighted by atomic mass is 32.1. The fourth-order valence-electron chi connectivity index (χ4n) is 11.9. The molecule has 0 bridgehead atoms. The van der Waals surface area contributed by atoms with Gasteiger partial charge in [0.05, 0.1) is 44.7 Å². The molecule has 1 unspecified atom stereocenters. The highest BCUT2D eigenvalue weighted by molar-refractivity contribution is 7.13. The number of aliphatic hydroxyl groups excluding tert-OH is 1. The Morgan fingerprint density at radius 2 is 1.44 bits per heavy atom. The van der Waals surface area contributed by atoms with E-state index in [1.54, 1.807) is 28.4 Å². The molecule has 492 valence electrons. The van der Waals surface area contributed by atoms with Crippen LogP contribution in [0.4, 0.5) is 34.8 Å². The number of aromatic amines is 1. The van der Waals surface area contributed by atoms with Crippen LogP contribution in [0.3, 0.4) is 0 Å². The van der Waals surface area contributed by atoms with Gasteiger partial charge in [-0.15, -0.1) is 11.3 Å². The van der Waals surface area contributed by atoms with Gasteiger partial charge >= 0.3 is 6.18 Å². The zero-order valence-corrected chi connectivity index (χ0v) is 53.8. The average Bonchev–Trinajstić information content (AvgIpc) is 1.33. The van der Waals surface area contributed by atoms with Gasteiger partial charge in [0.15, 0.2) is 0 Å². The van der Waals surface area contributed by atoms with Crippen molar-refractivity contribution in [3.63, 3.8) is 0 Å². The Balaban J connectivity index is 0.696. The third-order valence-corrected chi connectivity index (χ3v) is 18.4. The van der Waals surface area contributed by atoms with Gasteiger partial charge in [0.2, 0.25) is 35.1 Å². The second-order valence-corrected chi connectivity index (χ2v) is 26.2. The zero-order chi connectivity index (χ0) is 65.7. The Labute approximate surface area is 532 Å². The lowest BCUT2D eigenvalue weighted by Gasteiger charge is -2.44. The number of alkyl halides is 3. The lowest BCUT2D eigenvalue weighted by Crippen LogP contribution is -2.57. The number of piperazine rings is 2. The summed E-state index contributed by atoms with van der Waals surface area (Å²) in [4.78, 5) is 113. The van der Waals surface area contributed by atoms with Crippen molar-refractivity contribution in [2.24, 2.45) is 5.41 Å². The number of hydrogen-bond donors (Lipinski definition) is 6. The molecule has 3 aromatic heterocycles. The van der Waals surface area contributed by atoms with Crippen molar-refractivity contribution in [1.29, 1.82) is 0 Å². The minimum Gasteiger partial charge on any atom is -0.391 e. The molecule has 2 aromatic carbocycles. The number of anilines is 3. The van der Waals surface area contributed by atoms with Crippen LogP contribution in [0.2, 0.25) is 0 Å². The Hall–Kier alpha value is -7.77. The number of nitrogens with zero attached hydrogens (tertiary/aromatic N) is 7. The number of benzene rings is 2. The van der Waals surface area contributed by atoms with Gasteiger partial charge < -0.3 is 51.0 Å². The number of halogens is 4. The highest BCUT2D eigenvalue weighted by Crippen LogP contribution is 2.38. The summed E-state index contributed by atoms with van der Waals surface area (Å²) in [6.07, 6.45) is 4.03. The molecule has 0 saturated carbocycles. The molecule has 25 heteroatoms. The van der Waals surface area contributed by atoms with Crippen molar-refractivity contribution < 1.29 is 51.4 Å². The maximum atomic E-state index is 16.2. The summed E-state index contributed by atoms with van der Waals surface area (Å²) in [7, 11) is 1.97. The van der Waals surface area contributed by atoms with Crippen molar-refractivity contribution >= 4 is 64.0 Å². The molecule has 3 aliphatic rings. The predicted molar refractivity (Wildman–Crippen MR) is 343 cm³/mol. The largest absolute Gasteiger partial charge is 0.417 e. The molecule has 8 rings (SSSR count). The first kappa shape index (κ1) is 69.1. The molecule has 91 heavy (non-hydrogen) atoms. The van der Waals surface area contributed by atoms with Gasteiger partial charge in [0, 0.05) is 126 Å². The van der Waals surface area contributed by atoms with Crippen molar-refractivity contribution in [1.82, 2.24) is 45.6 Å². The zero-order valence-electron chi connectivity index (χ0n) is 53.0. The number of rotatable bonds is 25. The average molecular weight is 1280 g/mol. The Bertz CT molecular complexity index is 3390. The van der Waals surface area contributed by atoms with Crippen LogP contribution in [0.1, 0.15) is 139 Å². The van der Waals surface area contributed by atoms with E-state index in [0.717, 1.165) is 66.6 Å². The number of pyridine rings is 2. The molecule has 6 amide bonds. The molecule has 5 aromatic rings. The molecule has 6 N–H and O–H groups in total. The predicted octanol–water partition coefficient (Wildman–Crippen LogP) is 8.67. The number of carbonyl (C=O) groups is 6. The number of carbonyl (C=O) groups excluding carboxylic acids is 6. The van der Waals surface area contributed by atoms with E-state index in [1.165, 1.54) is 23.2 Å². The van der Waals surface area contributed by atoms with Gasteiger partial charge in [-0.1, -0.05) is 83.6 Å². The second kappa shape index (κ2) is 31.0. The van der Waals surface area contributed by atoms with E-state index in [9.17, 15) is 51.8 Å². The van der Waals surface area contributed by atoms with Crippen LogP contribution in [-0.4, -0.2) is 160 Å². The second-order valence-electron chi connectivity index (χ2n) is 25.3. The first-order valence-corrected chi connectivity index (χ1v) is 32.4. The lowest BCUT2D eigenvalue weighted by atomic mass is 9.85. The highest BCUT2D eigenvalue weighted by Gasteiger charge is 2.45. The molecule has 5 atom stereocenters. The number of unbranched alkanes of at least 4 members (excludes halogenated alkanes) is 7. The molecule has 3 saturated heterocycles. The Morgan fingerprint density at radius 1 is 0.780 bits per heavy atom. The molecular weight excluding hydrogens is 1200 g/mol. The molecular formula is C66H86F4N12O8S. The molecule has 20 nitrogen and oxygen atoms in total. The minimum atomic E-state index is -5.00. The van der Waals surface area contributed by atoms with Gasteiger partial charge in [-0.3, -0.25) is 38.5 Å². The lowest BCUT2D eigenvalue weighted by molar-refractivity contribution is -0.144. The summed E-state index contributed by atoms with van der Waals surface area (Å²) in [6, 6.07) is 12.5. The number of β-amino-alcohol motifs (C(OH)–C–C–N with tert-alkyl or cyclic N) is 1. The van der Waals surface area contributed by atoms with E-state index in [1.807, 2.05) is 88.2 Å². The third-order valence-electron chi connectivity index (χ3n) is 17.5. The van der Waals surface area contributed by atoms with Crippen LogP contribution in [0.15, 0.2) is 77.3 Å². The fraction of sp³-hybridized carbons (Fsp3) is 0.530. The summed E-state index contributed by atoms with van der Waals surface area (Å²) in [5.41, 5.74) is 1.57. The number of likely N-dealkylation sites (tertiary alicyclic amines) is 1. The maximum absolute atomic E-state index is 16.2. The van der Waals surface area contributed by atoms with E-state index < -0.39 is 64.1 Å². The quantitative estimate of drug-likeness (QED) is 0.0237. The van der Waals surface area contributed by atoms with Gasteiger partial charge in [-0.05, 0) is 81.5 Å². The molecule has 3 aliphatic heterocycles. The third kappa shape index (κ3) is 18.5. The smallest absolute Gasteiger partial charge is 0.391 e. The summed E-state index contributed by atoms with van der Waals surface area (Å²) in [5.74, 6) is -2.51. The molecule has 0 radical (unpaired) electrons.